The van der Waals surface area contributed by atoms with Gasteiger partial charge in [-0.1, -0.05) is 97.1 Å². The number of methoxy groups -OCH3 is 1. The van der Waals surface area contributed by atoms with Crippen molar-refractivity contribution in [3.05, 3.63) is 167 Å². The third kappa shape index (κ3) is 9.18. The Morgan fingerprint density at radius 1 is 0.784 bits per heavy atom. The fourth-order valence-corrected chi connectivity index (χ4v) is 7.13. The number of benzene rings is 5. The van der Waals surface area contributed by atoms with E-state index in [4.69, 9.17) is 9.72 Å². The van der Waals surface area contributed by atoms with Gasteiger partial charge in [-0.25, -0.2) is 4.98 Å². The van der Waals surface area contributed by atoms with Crippen LogP contribution in [0.2, 0.25) is 0 Å². The summed E-state index contributed by atoms with van der Waals surface area (Å²) in [5.41, 5.74) is 4.26. The number of amides is 3. The highest BCUT2D eigenvalue weighted by Gasteiger charge is 2.24. The van der Waals surface area contributed by atoms with Gasteiger partial charge in [-0.3, -0.25) is 14.4 Å². The Labute approximate surface area is 304 Å². The third-order valence-electron chi connectivity index (χ3n) is 7.69. The van der Waals surface area contributed by atoms with E-state index in [-0.39, 0.29) is 11.6 Å². The number of thioether (sulfide) groups is 1. The Bertz CT molecular complexity index is 2170. The maximum atomic E-state index is 13.9. The minimum Gasteiger partial charge on any atom is -0.497 e. The molecule has 0 saturated heterocycles. The molecule has 1 aromatic heterocycles. The summed E-state index contributed by atoms with van der Waals surface area (Å²) in [5, 5.41) is 8.63. The lowest BCUT2D eigenvalue weighted by Crippen LogP contribution is -2.30. The highest BCUT2D eigenvalue weighted by atomic mass is 32.2. The van der Waals surface area contributed by atoms with Crippen molar-refractivity contribution in [2.24, 2.45) is 0 Å². The smallest absolute Gasteiger partial charge is 0.272 e. The second kappa shape index (κ2) is 16.6. The highest BCUT2D eigenvalue weighted by Crippen LogP contribution is 2.38. The van der Waals surface area contributed by atoms with Crippen molar-refractivity contribution >= 4 is 57.7 Å². The standard InChI is InChI=1S/C41H34N4O4S2/c1-27-36(29-15-6-3-7-16-29)44-41(50-27)45-40(48)37(30-17-8-4-9-18-30)51-34-23-13-21-32(26-34)42-39(47)35(25-28-14-12-22-33(24-28)49-2)43-38(46)31-19-10-5-11-20-31/h3-26,37H,1-2H3,(H,42,47)(H,43,46)(H,44,45,48)/b35-25-. The molecule has 1 atom stereocenters. The van der Waals surface area contributed by atoms with Gasteiger partial charge in [0.05, 0.1) is 12.8 Å². The van der Waals surface area contributed by atoms with Crippen molar-refractivity contribution < 1.29 is 19.1 Å². The number of aryl methyl sites for hydroxylation is 1. The number of carbonyl (C=O) groups excluding carboxylic acids is 3. The largest absolute Gasteiger partial charge is 0.497 e. The SMILES string of the molecule is COc1cccc(/C=C(\NC(=O)c2ccccc2)C(=O)Nc2cccc(SC(C(=O)Nc3nc(-c4ccccc4)c(C)s3)c3ccccc3)c2)c1. The van der Waals surface area contributed by atoms with Crippen molar-refractivity contribution in [2.45, 2.75) is 17.1 Å². The number of rotatable bonds is 12. The summed E-state index contributed by atoms with van der Waals surface area (Å²) in [4.78, 5) is 47.2. The van der Waals surface area contributed by atoms with Crippen LogP contribution in [0.25, 0.3) is 17.3 Å². The predicted octanol–water partition coefficient (Wildman–Crippen LogP) is 9.01. The molecular weight excluding hydrogens is 677 g/mol. The van der Waals surface area contributed by atoms with E-state index in [2.05, 4.69) is 16.0 Å². The van der Waals surface area contributed by atoms with Crippen LogP contribution in [0.1, 0.15) is 31.6 Å². The van der Waals surface area contributed by atoms with Crippen LogP contribution in [0.3, 0.4) is 0 Å². The van der Waals surface area contributed by atoms with Crippen molar-refractivity contribution in [1.82, 2.24) is 10.3 Å². The highest BCUT2D eigenvalue weighted by molar-refractivity contribution is 8.00. The van der Waals surface area contributed by atoms with E-state index < -0.39 is 17.1 Å². The van der Waals surface area contributed by atoms with E-state index in [0.29, 0.717) is 27.7 Å². The summed E-state index contributed by atoms with van der Waals surface area (Å²) < 4.78 is 5.34. The van der Waals surface area contributed by atoms with Gasteiger partial charge in [-0.2, -0.15) is 0 Å². The Balaban J connectivity index is 1.23. The molecular formula is C41H34N4O4S2. The summed E-state index contributed by atoms with van der Waals surface area (Å²) in [5.74, 6) is -0.551. The molecule has 0 fully saturated rings. The van der Waals surface area contributed by atoms with Gasteiger partial charge < -0.3 is 20.7 Å². The number of anilines is 2. The molecule has 0 radical (unpaired) electrons. The monoisotopic (exact) mass is 710 g/mol. The summed E-state index contributed by atoms with van der Waals surface area (Å²) in [6, 6.07) is 42.5. The molecule has 0 aliphatic heterocycles. The Kier molecular flexibility index (Phi) is 11.4. The Hall–Kier alpha value is -5.97. The molecule has 0 aliphatic rings. The molecule has 6 rings (SSSR count). The molecule has 1 heterocycles. The van der Waals surface area contributed by atoms with Crippen molar-refractivity contribution in [3.8, 4) is 17.0 Å². The number of hydrogen-bond acceptors (Lipinski definition) is 7. The summed E-state index contributed by atoms with van der Waals surface area (Å²) in [6.45, 7) is 1.99. The van der Waals surface area contributed by atoms with Crippen LogP contribution < -0.4 is 20.7 Å². The Morgan fingerprint density at radius 2 is 1.47 bits per heavy atom. The van der Waals surface area contributed by atoms with Gasteiger partial charge in [0.1, 0.15) is 16.7 Å². The van der Waals surface area contributed by atoms with Gasteiger partial charge in [0.2, 0.25) is 5.91 Å². The van der Waals surface area contributed by atoms with Gasteiger partial charge in [-0.05, 0) is 66.6 Å². The first-order valence-corrected chi connectivity index (χ1v) is 17.7. The van der Waals surface area contributed by atoms with Crippen LogP contribution in [-0.2, 0) is 9.59 Å². The predicted molar refractivity (Wildman–Crippen MR) is 206 cm³/mol. The molecule has 5 aromatic carbocycles. The molecule has 0 aliphatic carbocycles. The molecule has 0 spiro atoms. The summed E-state index contributed by atoms with van der Waals surface area (Å²) >= 11 is 2.79. The van der Waals surface area contributed by atoms with Crippen molar-refractivity contribution in [1.29, 1.82) is 0 Å². The topological polar surface area (TPSA) is 109 Å². The fourth-order valence-electron chi connectivity index (χ4n) is 5.21. The molecule has 254 valence electrons. The zero-order chi connectivity index (χ0) is 35.6. The normalized spacial score (nSPS) is 11.7. The first-order chi connectivity index (χ1) is 24.9. The minimum absolute atomic E-state index is 0.0466. The number of aromatic nitrogens is 1. The number of nitrogens with one attached hydrogen (secondary N) is 3. The lowest BCUT2D eigenvalue weighted by Gasteiger charge is -2.17. The van der Waals surface area contributed by atoms with Crippen LogP contribution in [0.15, 0.2) is 150 Å². The molecule has 10 heteroatoms. The average molecular weight is 711 g/mol. The van der Waals surface area contributed by atoms with Gasteiger partial charge in [0.25, 0.3) is 11.8 Å². The van der Waals surface area contributed by atoms with Gasteiger partial charge in [0.15, 0.2) is 5.13 Å². The van der Waals surface area contributed by atoms with E-state index in [9.17, 15) is 14.4 Å². The molecule has 3 N–H and O–H groups in total. The summed E-state index contributed by atoms with van der Waals surface area (Å²) in [7, 11) is 1.56. The van der Waals surface area contributed by atoms with Crippen molar-refractivity contribution in [2.75, 3.05) is 17.7 Å². The lowest BCUT2D eigenvalue weighted by atomic mass is 10.1. The van der Waals surface area contributed by atoms with E-state index >= 15 is 0 Å². The molecule has 1 unspecified atom stereocenters. The van der Waals surface area contributed by atoms with Crippen LogP contribution in [0.4, 0.5) is 10.8 Å². The van der Waals surface area contributed by atoms with E-state index in [1.54, 1.807) is 67.8 Å². The van der Waals surface area contributed by atoms with Crippen LogP contribution in [-0.4, -0.2) is 29.8 Å². The van der Waals surface area contributed by atoms with E-state index in [0.717, 1.165) is 26.6 Å². The van der Waals surface area contributed by atoms with Gasteiger partial charge in [0, 0.05) is 26.6 Å². The maximum absolute atomic E-state index is 13.9. The second-order valence-corrected chi connectivity index (χ2v) is 13.7. The first-order valence-electron chi connectivity index (χ1n) is 16.0. The zero-order valence-corrected chi connectivity index (χ0v) is 29.5. The van der Waals surface area contributed by atoms with Crippen LogP contribution >= 0.6 is 23.1 Å². The molecule has 0 saturated carbocycles. The zero-order valence-electron chi connectivity index (χ0n) is 27.8. The minimum atomic E-state index is -0.616. The third-order valence-corrected chi connectivity index (χ3v) is 9.83. The first kappa shape index (κ1) is 34.9. The van der Waals surface area contributed by atoms with Gasteiger partial charge in [-0.15, -0.1) is 23.1 Å². The van der Waals surface area contributed by atoms with Gasteiger partial charge >= 0.3 is 0 Å². The van der Waals surface area contributed by atoms with E-state index in [1.807, 2.05) is 91.9 Å². The number of carbonyl (C=O) groups is 3. The number of nitrogens with zero attached hydrogens (tertiary/aromatic N) is 1. The number of ether oxygens (including phenoxy) is 1. The van der Waals surface area contributed by atoms with Crippen LogP contribution in [0, 0.1) is 6.92 Å². The maximum Gasteiger partial charge on any atom is 0.272 e. The lowest BCUT2D eigenvalue weighted by molar-refractivity contribution is -0.116. The molecule has 51 heavy (non-hydrogen) atoms. The quantitative estimate of drug-likeness (QED) is 0.0864. The van der Waals surface area contributed by atoms with Crippen molar-refractivity contribution in [3.63, 3.8) is 0 Å². The van der Waals surface area contributed by atoms with Crippen LogP contribution in [0.5, 0.6) is 5.75 Å². The average Bonchev–Trinajstić information content (AvgIpc) is 3.54. The number of thiazole rings is 1. The molecule has 6 aromatic rings. The molecule has 3 amide bonds. The fraction of sp³-hybridized carbons (Fsp3) is 0.0732. The molecule has 0 bridgehead atoms. The molecule has 8 nitrogen and oxygen atoms in total. The Morgan fingerprint density at radius 3 is 2.20 bits per heavy atom. The number of hydrogen-bond donors (Lipinski definition) is 3. The van der Waals surface area contributed by atoms with E-state index in [1.165, 1.54) is 23.1 Å². The summed E-state index contributed by atoms with van der Waals surface area (Å²) in [6.07, 6.45) is 1.59. The second-order valence-electron chi connectivity index (χ2n) is 11.3.